The summed E-state index contributed by atoms with van der Waals surface area (Å²) in [6.07, 6.45) is 4.22. The maximum Gasteiger partial charge on any atom is 0.306 e. The van der Waals surface area contributed by atoms with Gasteiger partial charge in [0.15, 0.2) is 23.0 Å². The standard InChI is InChI=1S/C24H27N3O6/c1-2-31-22(30)8-4-15-3-7-20-21(11-15)33-24(32-20)23(16-5-6-18(28)19(29)12-16)27-13-17(9-10-25)26-14-27/h3,5-7,11-14,23-24,28-29H,2,4,8-10,25H2,1H3. The van der Waals surface area contributed by atoms with Gasteiger partial charge < -0.3 is 34.7 Å². The van der Waals surface area contributed by atoms with Crippen molar-refractivity contribution in [2.45, 2.75) is 38.5 Å². The number of phenolic OH excluding ortho intramolecular Hbond substituents is 2. The quantitative estimate of drug-likeness (QED) is 0.333. The minimum Gasteiger partial charge on any atom is -0.504 e. The van der Waals surface area contributed by atoms with Gasteiger partial charge in [0.2, 0.25) is 0 Å². The van der Waals surface area contributed by atoms with Crippen molar-refractivity contribution in [1.29, 1.82) is 0 Å². The molecule has 0 bridgehead atoms. The van der Waals surface area contributed by atoms with Crippen LogP contribution in [0.3, 0.4) is 0 Å². The van der Waals surface area contributed by atoms with Gasteiger partial charge in [0.25, 0.3) is 6.29 Å². The number of carbonyl (C=O) groups is 1. The van der Waals surface area contributed by atoms with Crippen LogP contribution < -0.4 is 15.2 Å². The van der Waals surface area contributed by atoms with Gasteiger partial charge >= 0.3 is 5.97 Å². The molecule has 0 saturated carbocycles. The molecule has 174 valence electrons. The van der Waals surface area contributed by atoms with Gasteiger partial charge in [-0.2, -0.15) is 0 Å². The Kier molecular flexibility index (Phi) is 6.69. The summed E-state index contributed by atoms with van der Waals surface area (Å²) in [6, 6.07) is 9.66. The molecule has 1 aromatic heterocycles. The molecule has 2 atom stereocenters. The molecule has 2 unspecified atom stereocenters. The van der Waals surface area contributed by atoms with E-state index >= 15 is 0 Å². The second kappa shape index (κ2) is 9.83. The van der Waals surface area contributed by atoms with Crippen LogP contribution in [-0.2, 0) is 22.4 Å². The Hall–Kier alpha value is -3.72. The van der Waals surface area contributed by atoms with Crippen LogP contribution in [0.25, 0.3) is 0 Å². The molecular formula is C24H27N3O6. The van der Waals surface area contributed by atoms with E-state index in [-0.39, 0.29) is 23.9 Å². The van der Waals surface area contributed by atoms with Gasteiger partial charge in [-0.25, -0.2) is 4.98 Å². The van der Waals surface area contributed by atoms with Crippen LogP contribution in [0, 0.1) is 0 Å². The van der Waals surface area contributed by atoms with Gasteiger partial charge in [0.05, 0.1) is 18.6 Å². The molecule has 33 heavy (non-hydrogen) atoms. The first-order valence-corrected chi connectivity index (χ1v) is 10.8. The first kappa shape index (κ1) is 22.5. The molecule has 0 fully saturated rings. The van der Waals surface area contributed by atoms with E-state index in [1.807, 2.05) is 29.0 Å². The molecule has 1 aliphatic heterocycles. The third kappa shape index (κ3) is 5.04. The second-order valence-corrected chi connectivity index (χ2v) is 7.73. The van der Waals surface area contributed by atoms with Crippen molar-refractivity contribution >= 4 is 5.97 Å². The number of carbonyl (C=O) groups excluding carboxylic acids is 1. The number of hydrogen-bond donors (Lipinski definition) is 3. The monoisotopic (exact) mass is 453 g/mol. The largest absolute Gasteiger partial charge is 0.504 e. The van der Waals surface area contributed by atoms with E-state index in [1.165, 1.54) is 12.1 Å². The smallest absolute Gasteiger partial charge is 0.306 e. The maximum absolute atomic E-state index is 11.7. The van der Waals surface area contributed by atoms with E-state index in [1.54, 1.807) is 19.3 Å². The summed E-state index contributed by atoms with van der Waals surface area (Å²) in [6.45, 7) is 2.61. The maximum atomic E-state index is 11.7. The van der Waals surface area contributed by atoms with E-state index in [0.29, 0.717) is 43.1 Å². The number of esters is 1. The van der Waals surface area contributed by atoms with Gasteiger partial charge in [-0.15, -0.1) is 0 Å². The van der Waals surface area contributed by atoms with Gasteiger partial charge in [-0.3, -0.25) is 4.79 Å². The SMILES string of the molecule is CCOC(=O)CCc1ccc2c(c1)OC(C(c1ccc(O)c(O)c1)n1cnc(CCN)c1)O2. The minimum atomic E-state index is -0.746. The van der Waals surface area contributed by atoms with Gasteiger partial charge in [-0.1, -0.05) is 12.1 Å². The van der Waals surface area contributed by atoms with Crippen molar-refractivity contribution in [3.63, 3.8) is 0 Å². The lowest BCUT2D eigenvalue weighted by Gasteiger charge is -2.24. The third-order valence-electron chi connectivity index (χ3n) is 5.39. The Morgan fingerprint density at radius 3 is 2.73 bits per heavy atom. The first-order chi connectivity index (χ1) is 16.0. The van der Waals surface area contributed by atoms with Crippen molar-refractivity contribution in [1.82, 2.24) is 9.55 Å². The molecule has 2 aromatic carbocycles. The molecule has 0 aliphatic carbocycles. The highest BCUT2D eigenvalue weighted by molar-refractivity contribution is 5.69. The Balaban J connectivity index is 1.58. The summed E-state index contributed by atoms with van der Waals surface area (Å²) in [5, 5.41) is 19.8. The summed E-state index contributed by atoms with van der Waals surface area (Å²) in [5.41, 5.74) is 8.08. The van der Waals surface area contributed by atoms with Crippen molar-refractivity contribution in [2.24, 2.45) is 5.73 Å². The summed E-state index contributed by atoms with van der Waals surface area (Å²) >= 11 is 0. The highest BCUT2D eigenvalue weighted by atomic mass is 16.7. The average Bonchev–Trinajstić information content (AvgIpc) is 3.42. The fourth-order valence-electron chi connectivity index (χ4n) is 3.78. The van der Waals surface area contributed by atoms with E-state index in [9.17, 15) is 15.0 Å². The second-order valence-electron chi connectivity index (χ2n) is 7.73. The number of aromatic hydroxyl groups is 2. The number of nitrogens with zero attached hydrogens (tertiary/aromatic N) is 2. The number of hydrogen-bond acceptors (Lipinski definition) is 8. The van der Waals surface area contributed by atoms with Crippen LogP contribution in [0.5, 0.6) is 23.0 Å². The molecular weight excluding hydrogens is 426 g/mol. The number of fused-ring (bicyclic) bond motifs is 1. The highest BCUT2D eigenvalue weighted by Gasteiger charge is 2.35. The Bertz CT molecular complexity index is 1130. The van der Waals surface area contributed by atoms with Gasteiger partial charge in [0.1, 0.15) is 6.04 Å². The van der Waals surface area contributed by atoms with Crippen LogP contribution in [0.2, 0.25) is 0 Å². The number of phenols is 2. The number of benzene rings is 2. The molecule has 0 radical (unpaired) electrons. The number of imidazole rings is 1. The highest BCUT2D eigenvalue weighted by Crippen LogP contribution is 2.41. The Morgan fingerprint density at radius 1 is 1.15 bits per heavy atom. The van der Waals surface area contributed by atoms with E-state index in [2.05, 4.69) is 4.98 Å². The van der Waals surface area contributed by atoms with Crippen molar-refractivity contribution < 1.29 is 29.2 Å². The predicted molar refractivity (Wildman–Crippen MR) is 119 cm³/mol. The molecule has 0 saturated heterocycles. The lowest BCUT2D eigenvalue weighted by molar-refractivity contribution is -0.143. The Labute approximate surface area is 191 Å². The van der Waals surface area contributed by atoms with E-state index < -0.39 is 12.3 Å². The number of aromatic nitrogens is 2. The van der Waals surface area contributed by atoms with E-state index in [4.69, 9.17) is 19.9 Å². The number of rotatable bonds is 9. The van der Waals surface area contributed by atoms with Crippen LogP contribution >= 0.6 is 0 Å². The summed E-state index contributed by atoms with van der Waals surface area (Å²) in [7, 11) is 0. The van der Waals surface area contributed by atoms with Crippen LogP contribution in [0.4, 0.5) is 0 Å². The number of ether oxygens (including phenoxy) is 3. The molecule has 4 N–H and O–H groups in total. The lowest BCUT2D eigenvalue weighted by Crippen LogP contribution is -2.31. The zero-order chi connectivity index (χ0) is 23.4. The van der Waals surface area contributed by atoms with Gasteiger partial charge in [0, 0.05) is 19.0 Å². The third-order valence-corrected chi connectivity index (χ3v) is 5.39. The zero-order valence-electron chi connectivity index (χ0n) is 18.3. The topological polar surface area (TPSA) is 129 Å². The summed E-state index contributed by atoms with van der Waals surface area (Å²) < 4.78 is 19.1. The van der Waals surface area contributed by atoms with Crippen LogP contribution in [-0.4, -0.2) is 45.2 Å². The minimum absolute atomic E-state index is 0.213. The zero-order valence-corrected chi connectivity index (χ0v) is 18.3. The Morgan fingerprint density at radius 2 is 1.97 bits per heavy atom. The first-order valence-electron chi connectivity index (χ1n) is 10.8. The molecule has 0 spiro atoms. The van der Waals surface area contributed by atoms with Crippen molar-refractivity contribution in [2.75, 3.05) is 13.2 Å². The molecule has 3 aromatic rings. The van der Waals surface area contributed by atoms with Crippen LogP contribution in [0.1, 0.15) is 36.2 Å². The molecule has 0 amide bonds. The van der Waals surface area contributed by atoms with Crippen molar-refractivity contribution in [3.05, 3.63) is 65.7 Å². The van der Waals surface area contributed by atoms with E-state index in [0.717, 1.165) is 11.3 Å². The summed E-state index contributed by atoms with van der Waals surface area (Å²) in [5.74, 6) is 0.451. The normalized spacial score (nSPS) is 15.4. The number of nitrogens with two attached hydrogens (primary N) is 1. The predicted octanol–water partition coefficient (Wildman–Crippen LogP) is 2.68. The molecule has 9 heteroatoms. The summed E-state index contributed by atoms with van der Waals surface area (Å²) in [4.78, 5) is 16.1. The molecule has 2 heterocycles. The average molecular weight is 453 g/mol. The number of aryl methyl sites for hydroxylation is 1. The fraction of sp³-hybridized carbons (Fsp3) is 0.333. The molecule has 1 aliphatic rings. The lowest BCUT2D eigenvalue weighted by atomic mass is 10.1. The fourth-order valence-corrected chi connectivity index (χ4v) is 3.78. The van der Waals surface area contributed by atoms with Crippen molar-refractivity contribution in [3.8, 4) is 23.0 Å². The van der Waals surface area contributed by atoms with Crippen LogP contribution in [0.15, 0.2) is 48.9 Å². The molecule has 9 nitrogen and oxygen atoms in total. The van der Waals surface area contributed by atoms with Gasteiger partial charge in [-0.05, 0) is 55.3 Å². The molecule has 4 rings (SSSR count).